The van der Waals surface area contributed by atoms with Crippen molar-refractivity contribution in [1.29, 1.82) is 0 Å². The highest BCUT2D eigenvalue weighted by molar-refractivity contribution is 5.73. The van der Waals surface area contributed by atoms with Gasteiger partial charge < -0.3 is 48.9 Å². The molecule has 2 rings (SSSR count). The number of esters is 2. The number of aliphatic hydroxyl groups is 1. The third-order valence-corrected chi connectivity index (χ3v) is 5.64. The monoisotopic (exact) mass is 548 g/mol. The number of hydrogen-bond donors (Lipinski definition) is 3. The molecular weight excluding hydrogens is 508 g/mol. The van der Waals surface area contributed by atoms with Crippen LogP contribution in [-0.2, 0) is 47.5 Å². The van der Waals surface area contributed by atoms with Crippen molar-refractivity contribution in [1.82, 2.24) is 10.6 Å². The molecular formula is C24H40N2O12. The summed E-state index contributed by atoms with van der Waals surface area (Å²) < 4.78 is 37.9. The number of ether oxygens (including phenoxy) is 7. The van der Waals surface area contributed by atoms with Gasteiger partial charge in [-0.3, -0.25) is 14.4 Å². The molecule has 0 aliphatic carbocycles. The van der Waals surface area contributed by atoms with Crippen molar-refractivity contribution in [2.24, 2.45) is 0 Å². The Labute approximate surface area is 221 Å². The average Bonchev–Trinajstić information content (AvgIpc) is 3.17. The van der Waals surface area contributed by atoms with E-state index < -0.39 is 60.4 Å². The van der Waals surface area contributed by atoms with Crippen LogP contribution < -0.4 is 10.6 Å². The van der Waals surface area contributed by atoms with Crippen LogP contribution in [0.1, 0.15) is 53.9 Å². The van der Waals surface area contributed by atoms with Crippen LogP contribution in [0.5, 0.6) is 0 Å². The Morgan fingerprint density at radius 2 is 1.74 bits per heavy atom. The molecule has 0 aromatic rings. The first-order valence-corrected chi connectivity index (χ1v) is 12.6. The van der Waals surface area contributed by atoms with E-state index in [-0.39, 0.29) is 25.9 Å². The predicted octanol–water partition coefficient (Wildman–Crippen LogP) is 0.136. The van der Waals surface area contributed by atoms with Gasteiger partial charge in [0.15, 0.2) is 18.2 Å². The van der Waals surface area contributed by atoms with Gasteiger partial charge in [0.1, 0.15) is 37.6 Å². The van der Waals surface area contributed by atoms with Crippen LogP contribution in [0.3, 0.4) is 0 Å². The first-order valence-electron chi connectivity index (χ1n) is 12.6. The zero-order valence-electron chi connectivity index (χ0n) is 22.6. The molecule has 14 heteroatoms. The highest BCUT2D eigenvalue weighted by Crippen LogP contribution is 2.26. The molecule has 2 amide bonds. The minimum Gasteiger partial charge on any atom is -0.463 e. The van der Waals surface area contributed by atoms with E-state index in [0.29, 0.717) is 32.4 Å². The summed E-state index contributed by atoms with van der Waals surface area (Å²) in [4.78, 5) is 46.4. The summed E-state index contributed by atoms with van der Waals surface area (Å²) in [5, 5.41) is 16.1. The minimum atomic E-state index is -1.37. The molecule has 2 heterocycles. The Bertz CT molecular complexity index is 805. The van der Waals surface area contributed by atoms with Crippen molar-refractivity contribution < 1.29 is 57.4 Å². The molecule has 3 N–H and O–H groups in total. The first-order chi connectivity index (χ1) is 17.9. The molecule has 38 heavy (non-hydrogen) atoms. The van der Waals surface area contributed by atoms with Crippen molar-refractivity contribution in [3.8, 4) is 0 Å². The van der Waals surface area contributed by atoms with Crippen molar-refractivity contribution in [3.05, 3.63) is 0 Å². The predicted molar refractivity (Wildman–Crippen MR) is 129 cm³/mol. The highest BCUT2D eigenvalue weighted by Gasteiger charge is 2.48. The molecule has 0 saturated carbocycles. The van der Waals surface area contributed by atoms with Gasteiger partial charge in [-0.2, -0.15) is 0 Å². The smallest absolute Gasteiger partial charge is 0.407 e. The molecule has 0 aromatic heterocycles. The van der Waals surface area contributed by atoms with Crippen LogP contribution in [0.15, 0.2) is 0 Å². The Morgan fingerprint density at radius 1 is 1.00 bits per heavy atom. The maximum Gasteiger partial charge on any atom is 0.407 e. The van der Waals surface area contributed by atoms with E-state index >= 15 is 0 Å². The Kier molecular flexibility index (Phi) is 12.7. The molecule has 2 aliphatic rings. The van der Waals surface area contributed by atoms with Gasteiger partial charge in [-0.05, 0) is 33.1 Å². The standard InChI is InChI=1S/C24H40N2O12/c1-14(27)26-19-20(30)21(36-16(3)29)18(13-33-15(2)28)37-22(19)32-10-8-6-7-9-25-23(31)34-11-17-12-35-24(4,5)38-17/h17-22,30H,6-13H2,1-5H3,(H,25,31)(H,26,27)/t17-,18+,19+,20+,21-,22+/m0/s1. The SMILES string of the molecule is CC(=O)N[C@H]1[C@H](OCCCCCNC(=O)OC[C@H]2COC(C)(C)O2)O[C@H](COC(C)=O)[C@H](OC(C)=O)[C@@H]1O. The van der Waals surface area contributed by atoms with Gasteiger partial charge in [-0.1, -0.05) is 0 Å². The molecule has 0 radical (unpaired) electrons. The van der Waals surface area contributed by atoms with E-state index in [9.17, 15) is 24.3 Å². The molecule has 2 fully saturated rings. The van der Waals surface area contributed by atoms with Gasteiger partial charge in [0.05, 0.1) is 6.61 Å². The van der Waals surface area contributed by atoms with Crippen molar-refractivity contribution in [2.75, 3.05) is 33.0 Å². The Morgan fingerprint density at radius 3 is 2.34 bits per heavy atom. The topological polar surface area (TPSA) is 177 Å². The summed E-state index contributed by atoms with van der Waals surface area (Å²) in [6, 6.07) is -1.03. The molecule has 218 valence electrons. The van der Waals surface area contributed by atoms with Crippen LogP contribution in [0.4, 0.5) is 4.79 Å². The lowest BCUT2D eigenvalue weighted by molar-refractivity contribution is -0.275. The fraction of sp³-hybridized carbons (Fsp3) is 0.833. The average molecular weight is 549 g/mol. The van der Waals surface area contributed by atoms with Crippen molar-refractivity contribution >= 4 is 23.9 Å². The summed E-state index contributed by atoms with van der Waals surface area (Å²) in [5.74, 6) is -2.37. The molecule has 0 bridgehead atoms. The van der Waals surface area contributed by atoms with E-state index in [1.807, 2.05) is 0 Å². The quantitative estimate of drug-likeness (QED) is 0.161. The number of carbonyl (C=O) groups is 4. The van der Waals surface area contributed by atoms with E-state index in [2.05, 4.69) is 10.6 Å². The third kappa shape index (κ3) is 11.1. The number of unbranched alkanes of at least 4 members (excludes halogenated alkanes) is 2. The fourth-order valence-electron chi connectivity index (χ4n) is 3.98. The highest BCUT2D eigenvalue weighted by atomic mass is 16.8. The van der Waals surface area contributed by atoms with Crippen LogP contribution in [-0.4, -0.2) is 105 Å². The lowest BCUT2D eigenvalue weighted by Crippen LogP contribution is -2.65. The zero-order valence-corrected chi connectivity index (χ0v) is 22.6. The lowest BCUT2D eigenvalue weighted by atomic mass is 9.96. The van der Waals surface area contributed by atoms with Gasteiger partial charge in [-0.15, -0.1) is 0 Å². The van der Waals surface area contributed by atoms with E-state index in [4.69, 9.17) is 33.2 Å². The molecule has 0 aromatic carbocycles. The molecule has 6 atom stereocenters. The number of hydrogen-bond acceptors (Lipinski definition) is 12. The van der Waals surface area contributed by atoms with Gasteiger partial charge >= 0.3 is 18.0 Å². The Balaban J connectivity index is 1.75. The lowest BCUT2D eigenvalue weighted by Gasteiger charge is -2.43. The van der Waals surface area contributed by atoms with E-state index in [1.54, 1.807) is 13.8 Å². The van der Waals surface area contributed by atoms with Crippen LogP contribution in [0.2, 0.25) is 0 Å². The zero-order chi connectivity index (χ0) is 28.3. The van der Waals surface area contributed by atoms with E-state index in [0.717, 1.165) is 0 Å². The molecule has 0 spiro atoms. The molecule has 2 saturated heterocycles. The molecule has 2 aliphatic heterocycles. The normalized spacial score (nSPS) is 28.3. The second kappa shape index (κ2) is 15.2. The number of nitrogens with one attached hydrogen (secondary N) is 2. The van der Waals surface area contributed by atoms with Crippen LogP contribution in [0, 0.1) is 0 Å². The van der Waals surface area contributed by atoms with Gasteiger partial charge in [0.25, 0.3) is 0 Å². The fourth-order valence-corrected chi connectivity index (χ4v) is 3.98. The summed E-state index contributed by atoms with van der Waals surface area (Å²) in [7, 11) is 0. The number of amides is 2. The summed E-state index contributed by atoms with van der Waals surface area (Å²) in [6.45, 7) is 8.02. The Hall–Kier alpha value is -2.52. The van der Waals surface area contributed by atoms with Gasteiger partial charge in [0, 0.05) is 33.9 Å². The largest absolute Gasteiger partial charge is 0.463 e. The number of aliphatic hydroxyl groups excluding tert-OH is 1. The van der Waals surface area contributed by atoms with Crippen molar-refractivity contribution in [3.63, 3.8) is 0 Å². The minimum absolute atomic E-state index is 0.0998. The number of alkyl carbamates (subject to hydrolysis) is 1. The number of rotatable bonds is 13. The number of carbonyl (C=O) groups excluding carboxylic acids is 4. The summed E-state index contributed by atoms with van der Waals surface area (Å²) in [6.07, 6.45) is -3.55. The third-order valence-electron chi connectivity index (χ3n) is 5.64. The maximum absolute atomic E-state index is 11.8. The van der Waals surface area contributed by atoms with Crippen LogP contribution >= 0.6 is 0 Å². The molecule has 0 unspecified atom stereocenters. The van der Waals surface area contributed by atoms with E-state index in [1.165, 1.54) is 20.8 Å². The molecule has 14 nitrogen and oxygen atoms in total. The first kappa shape index (κ1) is 31.7. The summed E-state index contributed by atoms with van der Waals surface area (Å²) >= 11 is 0. The summed E-state index contributed by atoms with van der Waals surface area (Å²) in [5.41, 5.74) is 0. The second-order valence-electron chi connectivity index (χ2n) is 9.54. The van der Waals surface area contributed by atoms with Crippen molar-refractivity contribution in [2.45, 2.75) is 96.4 Å². The van der Waals surface area contributed by atoms with Crippen LogP contribution in [0.25, 0.3) is 0 Å². The van der Waals surface area contributed by atoms with Gasteiger partial charge in [-0.25, -0.2) is 4.79 Å². The maximum atomic E-state index is 11.8. The van der Waals surface area contributed by atoms with Gasteiger partial charge in [0.2, 0.25) is 5.91 Å². The second-order valence-corrected chi connectivity index (χ2v) is 9.54.